The number of amides is 5. The van der Waals surface area contributed by atoms with Gasteiger partial charge in [-0.1, -0.05) is 24.3 Å². The van der Waals surface area contributed by atoms with Crippen molar-refractivity contribution >= 4 is 58.4 Å². The molecule has 3 aromatic carbocycles. The van der Waals surface area contributed by atoms with Crippen molar-refractivity contribution in [1.82, 2.24) is 9.91 Å². The maximum Gasteiger partial charge on any atom is 0.280 e. The van der Waals surface area contributed by atoms with Crippen LogP contribution in [0.1, 0.15) is 75.8 Å². The number of phenolic OH excluding ortho intramolecular Hbond substituents is 1. The molecule has 2 saturated carbocycles. The summed E-state index contributed by atoms with van der Waals surface area (Å²) in [4.78, 5) is 121. The van der Waals surface area contributed by atoms with E-state index in [0.717, 1.165) is 4.90 Å². The second-order valence-corrected chi connectivity index (χ2v) is 13.4. The molecule has 0 spiro atoms. The first-order chi connectivity index (χ1) is 24.2. The Morgan fingerprint density at radius 2 is 1.37 bits per heavy atom. The Labute approximate surface area is 287 Å². The van der Waals surface area contributed by atoms with Crippen molar-refractivity contribution in [2.45, 2.75) is 31.4 Å². The largest absolute Gasteiger partial charge is 0.505 e. The number of rotatable bonds is 5. The Morgan fingerprint density at radius 3 is 1.92 bits per heavy atom. The molecule has 5 N–H and O–H groups in total. The number of carbonyl (C=O) groups excluding carboxylic acids is 9. The summed E-state index contributed by atoms with van der Waals surface area (Å²) in [5.74, 6) is -15.4. The van der Waals surface area contributed by atoms with Crippen LogP contribution >= 0.6 is 0 Å². The summed E-state index contributed by atoms with van der Waals surface area (Å²) in [6, 6.07) is 13.4. The number of primary amides is 1. The quantitative estimate of drug-likeness (QED) is 0.165. The fourth-order valence-electron chi connectivity index (χ4n) is 8.30. The zero-order valence-corrected chi connectivity index (χ0v) is 26.4. The van der Waals surface area contributed by atoms with Crippen LogP contribution in [0.15, 0.2) is 54.6 Å². The lowest BCUT2D eigenvalue weighted by molar-refractivity contribution is -0.175. The second kappa shape index (κ2) is 10.8. The highest BCUT2D eigenvalue weighted by Gasteiger charge is 2.66. The number of ketones is 4. The highest BCUT2D eigenvalue weighted by Crippen LogP contribution is 2.51. The number of hydrogen-bond acceptors (Lipinski definition) is 12. The summed E-state index contributed by atoms with van der Waals surface area (Å²) in [6.07, 6.45) is -0.837. The van der Waals surface area contributed by atoms with E-state index in [0.29, 0.717) is 5.01 Å². The van der Waals surface area contributed by atoms with Gasteiger partial charge in [-0.2, -0.15) is 5.01 Å². The lowest BCUT2D eigenvalue weighted by Gasteiger charge is -2.48. The summed E-state index contributed by atoms with van der Waals surface area (Å²) in [6.45, 7) is -0.422. The molecule has 0 bridgehead atoms. The number of imide groups is 2. The lowest BCUT2D eigenvalue weighted by Crippen LogP contribution is -2.68. The van der Waals surface area contributed by atoms with Gasteiger partial charge in [-0.3, -0.25) is 53.5 Å². The number of nitrogens with one attached hydrogen (secondary N) is 1. The molecule has 2 unspecified atom stereocenters. The molecule has 2 heterocycles. The van der Waals surface area contributed by atoms with Gasteiger partial charge in [0.25, 0.3) is 23.6 Å². The number of nitrogens with zero attached hydrogens (tertiary/aromatic N) is 2. The molecule has 2 fully saturated rings. The fourth-order valence-corrected chi connectivity index (χ4v) is 8.30. The van der Waals surface area contributed by atoms with Crippen LogP contribution in [0, 0.1) is 23.7 Å². The van der Waals surface area contributed by atoms with E-state index in [1.54, 1.807) is 24.3 Å². The molecule has 51 heavy (non-hydrogen) atoms. The van der Waals surface area contributed by atoms with Crippen LogP contribution in [-0.2, 0) is 32.1 Å². The van der Waals surface area contributed by atoms with E-state index in [1.807, 2.05) is 0 Å². The lowest BCUT2D eigenvalue weighted by atomic mass is 9.53. The molecule has 0 aromatic heterocycles. The van der Waals surface area contributed by atoms with E-state index >= 15 is 0 Å². The Balaban J connectivity index is 1.24. The summed E-state index contributed by atoms with van der Waals surface area (Å²) in [7, 11) is 0. The van der Waals surface area contributed by atoms with E-state index < -0.39 is 106 Å². The number of anilines is 1. The summed E-state index contributed by atoms with van der Waals surface area (Å²) in [5.41, 5.74) is 4.87. The van der Waals surface area contributed by atoms with Gasteiger partial charge in [-0.25, -0.2) is 0 Å². The van der Waals surface area contributed by atoms with E-state index in [-0.39, 0.29) is 51.9 Å². The molecule has 15 heteroatoms. The zero-order valence-electron chi connectivity index (χ0n) is 26.4. The normalized spacial score (nSPS) is 26.5. The van der Waals surface area contributed by atoms with Gasteiger partial charge in [0.15, 0.2) is 40.4 Å². The fraction of sp³-hybridized carbons (Fsp3) is 0.250. The van der Waals surface area contributed by atoms with Gasteiger partial charge in [0.2, 0.25) is 5.91 Å². The van der Waals surface area contributed by atoms with Gasteiger partial charge in [-0.15, -0.1) is 0 Å². The highest BCUT2D eigenvalue weighted by molar-refractivity contribution is 6.31. The minimum absolute atomic E-state index is 0.0677. The molecule has 256 valence electrons. The molecule has 0 saturated heterocycles. The number of benzene rings is 3. The summed E-state index contributed by atoms with van der Waals surface area (Å²) >= 11 is 0. The van der Waals surface area contributed by atoms with Crippen molar-refractivity contribution < 1.29 is 53.4 Å². The molecule has 5 amide bonds. The van der Waals surface area contributed by atoms with Gasteiger partial charge < -0.3 is 15.9 Å². The predicted octanol–water partition coefficient (Wildman–Crippen LogP) is 0.746. The van der Waals surface area contributed by atoms with Gasteiger partial charge in [-0.05, 0) is 60.2 Å². The second-order valence-electron chi connectivity index (χ2n) is 13.4. The minimum Gasteiger partial charge on any atom is -0.505 e. The number of hydrogen-bond donors (Lipinski definition) is 4. The average molecular weight is 691 g/mol. The van der Waals surface area contributed by atoms with E-state index in [4.69, 9.17) is 5.73 Å². The predicted molar refractivity (Wildman–Crippen MR) is 170 cm³/mol. The van der Waals surface area contributed by atoms with Crippen LogP contribution in [0.25, 0.3) is 0 Å². The summed E-state index contributed by atoms with van der Waals surface area (Å²) in [5, 5.41) is 23.8. The maximum atomic E-state index is 14.4. The monoisotopic (exact) mass is 690 g/mol. The number of phenols is 1. The number of Topliss-reactive ketones (excluding diaryl/α,β-unsaturated/α-hetero) is 4. The Morgan fingerprint density at radius 1 is 0.824 bits per heavy atom. The molecule has 8 rings (SSSR count). The van der Waals surface area contributed by atoms with Crippen LogP contribution in [0.2, 0.25) is 0 Å². The number of aromatic hydroxyl groups is 1. The molecule has 5 aliphatic rings. The molecule has 15 nitrogen and oxygen atoms in total. The van der Waals surface area contributed by atoms with Crippen LogP contribution in [0.4, 0.5) is 5.69 Å². The zero-order chi connectivity index (χ0) is 36.3. The van der Waals surface area contributed by atoms with Gasteiger partial charge in [0.1, 0.15) is 0 Å². The van der Waals surface area contributed by atoms with Crippen molar-refractivity contribution in [3.05, 3.63) is 93.5 Å². The van der Waals surface area contributed by atoms with Crippen molar-refractivity contribution in [1.29, 1.82) is 0 Å². The number of fused-ring (bicyclic) bond motifs is 5. The third kappa shape index (κ3) is 4.24. The van der Waals surface area contributed by atoms with Gasteiger partial charge in [0.05, 0.1) is 46.0 Å². The topological polar surface area (TPSA) is 239 Å². The smallest absolute Gasteiger partial charge is 0.280 e. The van der Waals surface area contributed by atoms with Crippen LogP contribution in [0.5, 0.6) is 5.75 Å². The first-order valence-electron chi connectivity index (χ1n) is 16.0. The number of carbonyl (C=O) groups is 9. The van der Waals surface area contributed by atoms with Crippen molar-refractivity contribution in [2.24, 2.45) is 29.4 Å². The molecule has 0 radical (unpaired) electrons. The SMILES string of the molecule is NC(=O)C1C(=O)C[C@@H]2C[C@@H]3Cc4c(CN5C(=O)c6ccccc6C5=O)cc(NN5C(=O)c6ccccc6C5=O)c(O)c4C(=O)C3C(=O)[C@]2(O)C1=O. The number of hydrazine groups is 1. The Hall–Kier alpha value is -6.35. The number of aliphatic hydroxyl groups is 1. The van der Waals surface area contributed by atoms with Crippen LogP contribution in [-0.4, -0.2) is 78.4 Å². The minimum atomic E-state index is -2.88. The Kier molecular flexibility index (Phi) is 6.77. The van der Waals surface area contributed by atoms with Crippen molar-refractivity contribution in [3.63, 3.8) is 0 Å². The van der Waals surface area contributed by atoms with Crippen molar-refractivity contribution in [3.8, 4) is 5.75 Å². The first-order valence-corrected chi connectivity index (χ1v) is 16.0. The Bertz CT molecular complexity index is 2190. The third-order valence-corrected chi connectivity index (χ3v) is 10.7. The van der Waals surface area contributed by atoms with Crippen molar-refractivity contribution in [2.75, 3.05) is 5.43 Å². The molecular weight excluding hydrogens is 664 g/mol. The van der Waals surface area contributed by atoms with Crippen LogP contribution in [0.3, 0.4) is 0 Å². The van der Waals surface area contributed by atoms with E-state index in [1.165, 1.54) is 30.3 Å². The molecular formula is C36H26N4O11. The van der Waals surface area contributed by atoms with Gasteiger partial charge >= 0.3 is 0 Å². The highest BCUT2D eigenvalue weighted by atomic mass is 16.3. The summed E-state index contributed by atoms with van der Waals surface area (Å²) < 4.78 is 0. The van der Waals surface area contributed by atoms with E-state index in [2.05, 4.69) is 5.43 Å². The molecule has 3 aliphatic carbocycles. The van der Waals surface area contributed by atoms with Crippen LogP contribution < -0.4 is 11.2 Å². The average Bonchev–Trinajstić information content (AvgIpc) is 3.48. The van der Waals surface area contributed by atoms with E-state index in [9.17, 15) is 53.4 Å². The third-order valence-electron chi connectivity index (χ3n) is 10.7. The molecule has 3 aromatic rings. The molecule has 5 atom stereocenters. The van der Waals surface area contributed by atoms with Gasteiger partial charge in [0, 0.05) is 12.3 Å². The maximum absolute atomic E-state index is 14.4. The number of nitrogens with two attached hydrogens (primary N) is 1. The standard InChI is InChI=1S/C36H26N4O11/c37-31(46)26-23(41)12-16-9-14-10-21-15(13-39-32(47)17-5-1-2-6-18(17)33(39)48)11-22(38-40-34(49)19-7-3-4-8-20(19)35(40)50)27(42)25(21)28(43)24(14)29(44)36(16,51)30(26)45/h1-8,11,14,16,24,26,38,42,51H,9-10,12-13H2,(H2,37,46)/t14-,16+,24?,26?,36+/m1/s1. The first kappa shape index (κ1) is 31.9. The molecule has 2 aliphatic heterocycles.